The first-order valence-electron chi connectivity index (χ1n) is 13.6. The molecule has 1 heterocycles. The van der Waals surface area contributed by atoms with Gasteiger partial charge in [0.1, 0.15) is 0 Å². The zero-order chi connectivity index (χ0) is 25.4. The first-order valence-corrected chi connectivity index (χ1v) is 14.5. The third-order valence-corrected chi connectivity index (χ3v) is 10.5. The molecule has 6 unspecified atom stereocenters. The maximum absolute atomic E-state index is 13.9. The number of amides is 1. The van der Waals surface area contributed by atoms with Crippen molar-refractivity contribution < 1.29 is 4.79 Å². The van der Waals surface area contributed by atoms with Crippen LogP contribution in [0.4, 0.5) is 10.8 Å². The molecular formula is C32H33N3OS. The number of nitrogens with one attached hydrogen (secondary N) is 1. The summed E-state index contributed by atoms with van der Waals surface area (Å²) in [5.74, 6) is 1.87. The summed E-state index contributed by atoms with van der Waals surface area (Å²) >= 11 is 1.51. The van der Waals surface area contributed by atoms with Gasteiger partial charge in [-0.1, -0.05) is 67.6 Å². The lowest BCUT2D eigenvalue weighted by atomic mass is 9.36. The van der Waals surface area contributed by atoms with Crippen molar-refractivity contribution in [1.82, 2.24) is 4.98 Å². The Morgan fingerprint density at radius 1 is 1.05 bits per heavy atom. The molecule has 3 aromatic rings. The van der Waals surface area contributed by atoms with Gasteiger partial charge in [0, 0.05) is 41.1 Å². The largest absolute Gasteiger partial charge is 0.372 e. The number of nitrogens with zero attached hydrogens (tertiary/aromatic N) is 2. The number of thiazole rings is 1. The Hall–Kier alpha value is -3.18. The van der Waals surface area contributed by atoms with Gasteiger partial charge in [0.2, 0.25) is 5.91 Å². The maximum Gasteiger partial charge on any atom is 0.232 e. The average Bonchev–Trinajstić information content (AvgIpc) is 3.45. The number of aromatic nitrogens is 1. The van der Waals surface area contributed by atoms with Gasteiger partial charge >= 0.3 is 0 Å². The Morgan fingerprint density at radius 3 is 2.54 bits per heavy atom. The predicted octanol–water partition coefficient (Wildman–Crippen LogP) is 7.03. The summed E-state index contributed by atoms with van der Waals surface area (Å²) in [5.41, 5.74) is 5.93. The topological polar surface area (TPSA) is 45.2 Å². The highest BCUT2D eigenvalue weighted by Crippen LogP contribution is 2.81. The van der Waals surface area contributed by atoms with Gasteiger partial charge in [-0.3, -0.25) is 4.79 Å². The summed E-state index contributed by atoms with van der Waals surface area (Å²) < 4.78 is 0. The lowest BCUT2D eigenvalue weighted by molar-refractivity contribution is -0.147. The van der Waals surface area contributed by atoms with E-state index < -0.39 is 5.41 Å². The number of fused-ring (bicyclic) bond motifs is 5. The van der Waals surface area contributed by atoms with Crippen LogP contribution >= 0.6 is 11.3 Å². The summed E-state index contributed by atoms with van der Waals surface area (Å²) in [6.07, 6.45) is 10.0. The van der Waals surface area contributed by atoms with E-state index in [0.29, 0.717) is 28.8 Å². The predicted molar refractivity (Wildman–Crippen MR) is 152 cm³/mol. The van der Waals surface area contributed by atoms with Crippen LogP contribution in [0.1, 0.15) is 44.2 Å². The molecule has 6 atom stereocenters. The third kappa shape index (κ3) is 3.01. The Bertz CT molecular complexity index is 1430. The second-order valence-corrected chi connectivity index (χ2v) is 12.2. The number of benzene rings is 2. The third-order valence-electron chi connectivity index (χ3n) is 9.78. The molecule has 4 aliphatic rings. The summed E-state index contributed by atoms with van der Waals surface area (Å²) in [4.78, 5) is 21.0. The van der Waals surface area contributed by atoms with Crippen LogP contribution in [0.15, 0.2) is 78.2 Å². The lowest BCUT2D eigenvalue weighted by Crippen LogP contribution is -2.66. The zero-order valence-corrected chi connectivity index (χ0v) is 22.5. The number of allylic oxidation sites excluding steroid dienone is 4. The summed E-state index contributed by atoms with van der Waals surface area (Å²) in [6.45, 7) is 8.51. The smallest absolute Gasteiger partial charge is 0.232 e. The van der Waals surface area contributed by atoms with E-state index in [1.807, 2.05) is 5.38 Å². The Labute approximate surface area is 223 Å². The number of hydrogen-bond donors (Lipinski definition) is 1. The van der Waals surface area contributed by atoms with E-state index in [2.05, 4.69) is 104 Å². The molecule has 37 heavy (non-hydrogen) atoms. The normalized spacial score (nSPS) is 31.9. The molecular weight excluding hydrogens is 474 g/mol. The highest BCUT2D eigenvalue weighted by molar-refractivity contribution is 7.14. The molecule has 7 rings (SSSR count). The molecule has 1 spiro atoms. The molecule has 1 aromatic heterocycles. The first-order chi connectivity index (χ1) is 18.0. The van der Waals surface area contributed by atoms with Crippen molar-refractivity contribution in [2.75, 3.05) is 23.3 Å². The monoisotopic (exact) mass is 507 g/mol. The van der Waals surface area contributed by atoms with E-state index in [9.17, 15) is 4.79 Å². The summed E-state index contributed by atoms with van der Waals surface area (Å²) in [5, 5.41) is 5.96. The van der Waals surface area contributed by atoms with E-state index >= 15 is 0 Å². The van der Waals surface area contributed by atoms with Gasteiger partial charge in [0.25, 0.3) is 0 Å². The molecule has 0 bridgehead atoms. The molecule has 2 aromatic carbocycles. The molecule has 0 aliphatic heterocycles. The van der Waals surface area contributed by atoms with Crippen LogP contribution in [0.2, 0.25) is 0 Å². The molecule has 4 nitrogen and oxygen atoms in total. The Morgan fingerprint density at radius 2 is 1.78 bits per heavy atom. The minimum atomic E-state index is -0.405. The molecule has 1 N–H and O–H groups in total. The van der Waals surface area contributed by atoms with Crippen molar-refractivity contribution in [1.29, 1.82) is 0 Å². The zero-order valence-electron chi connectivity index (χ0n) is 21.6. The van der Waals surface area contributed by atoms with Crippen molar-refractivity contribution in [3.63, 3.8) is 0 Å². The number of anilines is 2. The van der Waals surface area contributed by atoms with Gasteiger partial charge in [-0.25, -0.2) is 4.98 Å². The van der Waals surface area contributed by atoms with E-state index in [1.165, 1.54) is 28.2 Å². The molecule has 0 radical (unpaired) electrons. The van der Waals surface area contributed by atoms with Crippen LogP contribution in [0, 0.1) is 23.2 Å². The van der Waals surface area contributed by atoms with Crippen molar-refractivity contribution in [2.24, 2.45) is 23.2 Å². The first kappa shape index (κ1) is 23.0. The van der Waals surface area contributed by atoms with Gasteiger partial charge in [-0.05, 0) is 61.3 Å². The number of hydrogen-bond acceptors (Lipinski definition) is 4. The van der Waals surface area contributed by atoms with Crippen LogP contribution in [-0.2, 0) is 10.2 Å². The van der Waals surface area contributed by atoms with Crippen molar-refractivity contribution in [3.8, 4) is 11.3 Å². The van der Waals surface area contributed by atoms with Gasteiger partial charge in [0.05, 0.1) is 11.1 Å². The number of rotatable bonds is 6. The molecule has 2 fully saturated rings. The standard InChI is InChI=1S/C32H33N3OS/c1-4-35(5-2)21-16-14-20(15-17-21)26-18-37-30(33-26)34-29(36)31(3)19-32-25-13-9-8-12-24(25)27(32)22-10-6-7-11-23(22)28(31)32/h6-18,22-23,27-28H,4-5,19H2,1-3H3,(H,33,34,36). The molecule has 1 amide bonds. The Balaban J connectivity index is 1.13. The molecule has 0 saturated heterocycles. The van der Waals surface area contributed by atoms with Gasteiger partial charge in [0.15, 0.2) is 5.13 Å². The molecule has 188 valence electrons. The second kappa shape index (κ2) is 8.16. The van der Waals surface area contributed by atoms with Crippen LogP contribution < -0.4 is 10.2 Å². The van der Waals surface area contributed by atoms with Crippen LogP contribution in [0.3, 0.4) is 0 Å². The average molecular weight is 508 g/mol. The van der Waals surface area contributed by atoms with Crippen molar-refractivity contribution in [3.05, 3.63) is 89.3 Å². The summed E-state index contributed by atoms with van der Waals surface area (Å²) in [6, 6.07) is 17.5. The van der Waals surface area contributed by atoms with Gasteiger partial charge in [-0.2, -0.15) is 0 Å². The fourth-order valence-electron chi connectivity index (χ4n) is 8.37. The number of carbonyl (C=O) groups is 1. The molecule has 4 aliphatic carbocycles. The van der Waals surface area contributed by atoms with E-state index in [-0.39, 0.29) is 11.3 Å². The van der Waals surface area contributed by atoms with Gasteiger partial charge < -0.3 is 10.2 Å². The molecule has 5 heteroatoms. The van der Waals surface area contributed by atoms with Crippen molar-refractivity contribution >= 4 is 28.1 Å². The Kier molecular flexibility index (Phi) is 5.07. The van der Waals surface area contributed by atoms with E-state index in [0.717, 1.165) is 30.8 Å². The van der Waals surface area contributed by atoms with E-state index in [4.69, 9.17) is 4.98 Å². The van der Waals surface area contributed by atoms with Crippen molar-refractivity contribution in [2.45, 2.75) is 38.5 Å². The second-order valence-electron chi connectivity index (χ2n) is 11.3. The van der Waals surface area contributed by atoms with Crippen LogP contribution in [-0.4, -0.2) is 24.0 Å². The van der Waals surface area contributed by atoms with E-state index in [1.54, 1.807) is 0 Å². The van der Waals surface area contributed by atoms with Crippen LogP contribution in [0.5, 0.6) is 0 Å². The highest BCUT2D eigenvalue weighted by Gasteiger charge is 2.78. The van der Waals surface area contributed by atoms with Gasteiger partial charge in [-0.15, -0.1) is 11.3 Å². The minimum Gasteiger partial charge on any atom is -0.372 e. The SMILES string of the molecule is CCN(CC)c1ccc(-c2csc(NC(=O)C3(C)CC45c6ccccc6C4C4C=CC=CC4C35)n2)cc1. The highest BCUT2D eigenvalue weighted by atomic mass is 32.1. The number of carbonyl (C=O) groups excluding carboxylic acids is 1. The fraction of sp³-hybridized carbons (Fsp3) is 0.375. The lowest BCUT2D eigenvalue weighted by Gasteiger charge is -2.66. The van der Waals surface area contributed by atoms with Crippen LogP contribution in [0.25, 0.3) is 11.3 Å². The molecule has 2 saturated carbocycles. The minimum absolute atomic E-state index is 0.118. The quantitative estimate of drug-likeness (QED) is 0.390. The summed E-state index contributed by atoms with van der Waals surface area (Å²) in [7, 11) is 0. The maximum atomic E-state index is 13.9. The fourth-order valence-corrected chi connectivity index (χ4v) is 9.09.